The molecule has 1 N–H and O–H groups in total. The number of fused-ring (bicyclic) bond motifs is 1. The predicted molar refractivity (Wildman–Crippen MR) is 79.2 cm³/mol. The third-order valence-electron chi connectivity index (χ3n) is 4.65. The molecule has 2 aliphatic rings. The molecule has 110 valence electrons. The highest BCUT2D eigenvalue weighted by atomic mass is 16.7. The molecular weight excluding hydrogens is 252 g/mol. The second-order valence-corrected chi connectivity index (χ2v) is 5.81. The van der Waals surface area contributed by atoms with Gasteiger partial charge in [0, 0.05) is 31.7 Å². The average Bonchev–Trinajstić information content (AvgIpc) is 2.95. The van der Waals surface area contributed by atoms with Gasteiger partial charge in [-0.3, -0.25) is 4.90 Å². The van der Waals surface area contributed by atoms with Crippen molar-refractivity contribution in [1.82, 2.24) is 10.2 Å². The molecule has 1 fully saturated rings. The Kier molecular flexibility index (Phi) is 3.85. The summed E-state index contributed by atoms with van der Waals surface area (Å²) in [5, 5.41) is 3.70. The Bertz CT molecular complexity index is 472. The lowest BCUT2D eigenvalue weighted by molar-refractivity contribution is 0.118. The molecule has 0 unspecified atom stereocenters. The summed E-state index contributed by atoms with van der Waals surface area (Å²) in [6, 6.07) is 6.28. The van der Waals surface area contributed by atoms with Crippen molar-refractivity contribution in [2.45, 2.75) is 38.8 Å². The van der Waals surface area contributed by atoms with Crippen LogP contribution in [0.4, 0.5) is 0 Å². The molecule has 2 aliphatic heterocycles. The van der Waals surface area contributed by atoms with E-state index in [-0.39, 0.29) is 5.54 Å². The molecule has 3 rings (SSSR count). The smallest absolute Gasteiger partial charge is 0.231 e. The average molecular weight is 276 g/mol. The zero-order chi connectivity index (χ0) is 14.0. The molecule has 4 nitrogen and oxygen atoms in total. The molecule has 0 amide bonds. The fraction of sp³-hybridized carbons (Fsp3) is 0.625. The fourth-order valence-corrected chi connectivity index (χ4v) is 3.20. The van der Waals surface area contributed by atoms with E-state index >= 15 is 0 Å². The minimum Gasteiger partial charge on any atom is -0.454 e. The van der Waals surface area contributed by atoms with E-state index in [2.05, 4.69) is 36.2 Å². The number of hydrogen-bond donors (Lipinski definition) is 1. The summed E-state index contributed by atoms with van der Waals surface area (Å²) in [5.74, 6) is 1.75. The van der Waals surface area contributed by atoms with Crippen LogP contribution >= 0.6 is 0 Å². The summed E-state index contributed by atoms with van der Waals surface area (Å²) in [7, 11) is 0. The van der Waals surface area contributed by atoms with Crippen molar-refractivity contribution in [2.75, 3.05) is 26.4 Å². The van der Waals surface area contributed by atoms with Gasteiger partial charge in [-0.15, -0.1) is 0 Å². The van der Waals surface area contributed by atoms with E-state index < -0.39 is 0 Å². The molecule has 1 aromatic rings. The van der Waals surface area contributed by atoms with E-state index in [0.29, 0.717) is 6.79 Å². The second kappa shape index (κ2) is 5.62. The highest BCUT2D eigenvalue weighted by molar-refractivity contribution is 5.44. The lowest BCUT2D eigenvalue weighted by Gasteiger charge is -2.43. The lowest BCUT2D eigenvalue weighted by Crippen LogP contribution is -2.59. The minimum atomic E-state index is 0.286. The molecule has 1 aromatic carbocycles. The molecule has 0 aromatic heterocycles. The van der Waals surface area contributed by atoms with Gasteiger partial charge in [0.1, 0.15) is 0 Å². The quantitative estimate of drug-likeness (QED) is 0.915. The SMILES string of the molecule is CCC1(CC)CN(Cc2ccc3c(c2)OCO3)CCN1. The summed E-state index contributed by atoms with van der Waals surface area (Å²) in [6.07, 6.45) is 2.36. The van der Waals surface area contributed by atoms with E-state index in [1.54, 1.807) is 0 Å². The van der Waals surface area contributed by atoms with E-state index in [1.807, 2.05) is 6.07 Å². The molecule has 0 spiro atoms. The number of benzene rings is 1. The predicted octanol–water partition coefficient (Wildman–Crippen LogP) is 2.38. The van der Waals surface area contributed by atoms with E-state index in [0.717, 1.165) is 37.7 Å². The Morgan fingerprint density at radius 1 is 1.20 bits per heavy atom. The molecule has 0 bridgehead atoms. The van der Waals surface area contributed by atoms with Gasteiger partial charge in [0.2, 0.25) is 6.79 Å². The van der Waals surface area contributed by atoms with Crippen LogP contribution in [0, 0.1) is 0 Å². The van der Waals surface area contributed by atoms with E-state index in [1.165, 1.54) is 18.4 Å². The molecule has 0 saturated carbocycles. The second-order valence-electron chi connectivity index (χ2n) is 5.81. The Morgan fingerprint density at radius 3 is 2.80 bits per heavy atom. The first-order chi connectivity index (χ1) is 9.74. The summed E-state index contributed by atoms with van der Waals surface area (Å²) in [4.78, 5) is 2.54. The Hall–Kier alpha value is -1.26. The van der Waals surface area contributed by atoms with Gasteiger partial charge in [-0.05, 0) is 30.5 Å². The molecule has 4 heteroatoms. The zero-order valence-electron chi connectivity index (χ0n) is 12.4. The van der Waals surface area contributed by atoms with Crippen LogP contribution in [0.5, 0.6) is 11.5 Å². The summed E-state index contributed by atoms with van der Waals surface area (Å²) in [5.41, 5.74) is 1.59. The van der Waals surface area contributed by atoms with Crippen molar-refractivity contribution in [3.8, 4) is 11.5 Å². The molecular formula is C16H24N2O2. The van der Waals surface area contributed by atoms with Crippen LogP contribution in [0.1, 0.15) is 32.3 Å². The van der Waals surface area contributed by atoms with Crippen molar-refractivity contribution in [3.05, 3.63) is 23.8 Å². The Labute approximate surface area is 121 Å². The molecule has 0 aliphatic carbocycles. The van der Waals surface area contributed by atoms with Crippen LogP contribution in [0.15, 0.2) is 18.2 Å². The first kappa shape index (κ1) is 13.7. The number of rotatable bonds is 4. The zero-order valence-corrected chi connectivity index (χ0v) is 12.4. The summed E-state index contributed by atoms with van der Waals surface area (Å²) < 4.78 is 10.8. The van der Waals surface area contributed by atoms with E-state index in [4.69, 9.17) is 9.47 Å². The summed E-state index contributed by atoms with van der Waals surface area (Å²) >= 11 is 0. The van der Waals surface area contributed by atoms with Crippen LogP contribution in [0.2, 0.25) is 0 Å². The van der Waals surface area contributed by atoms with Crippen molar-refractivity contribution in [3.63, 3.8) is 0 Å². The van der Waals surface area contributed by atoms with Gasteiger partial charge in [0.25, 0.3) is 0 Å². The minimum absolute atomic E-state index is 0.286. The topological polar surface area (TPSA) is 33.7 Å². The van der Waals surface area contributed by atoms with Crippen LogP contribution < -0.4 is 14.8 Å². The number of ether oxygens (including phenoxy) is 2. The number of nitrogens with one attached hydrogen (secondary N) is 1. The first-order valence-electron chi connectivity index (χ1n) is 7.60. The van der Waals surface area contributed by atoms with Crippen LogP contribution in [-0.4, -0.2) is 36.9 Å². The summed E-state index contributed by atoms with van der Waals surface area (Å²) in [6.45, 7) is 9.19. The van der Waals surface area contributed by atoms with Gasteiger partial charge >= 0.3 is 0 Å². The highest BCUT2D eigenvalue weighted by Crippen LogP contribution is 2.33. The third-order valence-corrected chi connectivity index (χ3v) is 4.65. The maximum Gasteiger partial charge on any atom is 0.231 e. The third kappa shape index (κ3) is 2.63. The number of piperazine rings is 1. The lowest BCUT2D eigenvalue weighted by atomic mass is 9.90. The van der Waals surface area contributed by atoms with E-state index in [9.17, 15) is 0 Å². The molecule has 0 radical (unpaired) electrons. The van der Waals surface area contributed by atoms with Crippen molar-refractivity contribution in [1.29, 1.82) is 0 Å². The van der Waals surface area contributed by atoms with Crippen LogP contribution in [0.25, 0.3) is 0 Å². The van der Waals surface area contributed by atoms with Gasteiger partial charge < -0.3 is 14.8 Å². The molecule has 2 heterocycles. The standard InChI is InChI=1S/C16H24N2O2/c1-3-16(4-2)11-18(8-7-17-16)10-13-5-6-14-15(9-13)20-12-19-14/h5-6,9,17H,3-4,7-8,10-12H2,1-2H3. The Morgan fingerprint density at radius 2 is 2.00 bits per heavy atom. The Balaban J connectivity index is 1.68. The van der Waals surface area contributed by atoms with Crippen molar-refractivity contribution >= 4 is 0 Å². The van der Waals surface area contributed by atoms with Gasteiger partial charge in [0.05, 0.1) is 0 Å². The van der Waals surface area contributed by atoms with Crippen LogP contribution in [0.3, 0.4) is 0 Å². The number of nitrogens with zero attached hydrogens (tertiary/aromatic N) is 1. The monoisotopic (exact) mass is 276 g/mol. The largest absolute Gasteiger partial charge is 0.454 e. The molecule has 0 atom stereocenters. The maximum absolute atomic E-state index is 5.46. The molecule has 1 saturated heterocycles. The maximum atomic E-state index is 5.46. The highest BCUT2D eigenvalue weighted by Gasteiger charge is 2.31. The van der Waals surface area contributed by atoms with Gasteiger partial charge in [0.15, 0.2) is 11.5 Å². The van der Waals surface area contributed by atoms with Gasteiger partial charge in [-0.2, -0.15) is 0 Å². The normalized spacial score (nSPS) is 21.1. The number of hydrogen-bond acceptors (Lipinski definition) is 4. The van der Waals surface area contributed by atoms with Gasteiger partial charge in [-0.1, -0.05) is 19.9 Å². The molecule has 20 heavy (non-hydrogen) atoms. The van der Waals surface area contributed by atoms with Crippen molar-refractivity contribution in [2.24, 2.45) is 0 Å². The van der Waals surface area contributed by atoms with Crippen LogP contribution in [-0.2, 0) is 6.54 Å². The first-order valence-corrected chi connectivity index (χ1v) is 7.60. The fourth-order valence-electron chi connectivity index (χ4n) is 3.20. The van der Waals surface area contributed by atoms with Gasteiger partial charge in [-0.25, -0.2) is 0 Å². The van der Waals surface area contributed by atoms with Crippen molar-refractivity contribution < 1.29 is 9.47 Å².